The molecule has 1 aromatic carbocycles. The van der Waals surface area contributed by atoms with Crippen LogP contribution in [0.2, 0.25) is 0 Å². The first-order valence-corrected chi connectivity index (χ1v) is 36.2. The molecule has 7 rings (SSSR count). The Labute approximate surface area is 596 Å². The zero-order valence-electron chi connectivity index (χ0n) is 60.3. The van der Waals surface area contributed by atoms with Gasteiger partial charge >= 0.3 is 58.6 Å². The molecule has 6 heterocycles. The molecule has 1 aromatic rings. The van der Waals surface area contributed by atoms with Crippen molar-refractivity contribution >= 4 is 64.8 Å². The van der Waals surface area contributed by atoms with Crippen LogP contribution in [0.1, 0.15) is 217 Å². The van der Waals surface area contributed by atoms with Crippen LogP contribution in [-0.4, -0.2) is 123 Å². The maximum absolute atomic E-state index is 15.3. The number of hydrogen-bond donors (Lipinski definition) is 1. The van der Waals surface area contributed by atoms with E-state index in [1.165, 1.54) is 0 Å². The molecular formula is C73H104ClCoN5O19. The minimum Gasteiger partial charge on any atom is -0.680 e. The van der Waals surface area contributed by atoms with Crippen LogP contribution in [0.25, 0.3) is 5.32 Å². The summed E-state index contributed by atoms with van der Waals surface area (Å²) in [6.45, 7) is 28.5. The predicted molar refractivity (Wildman–Crippen MR) is 354 cm³/mol. The molecule has 24 nitrogen and oxygen atoms in total. The van der Waals surface area contributed by atoms with Crippen LogP contribution >= 0.6 is 0 Å². The summed E-state index contributed by atoms with van der Waals surface area (Å²) in [5, 5.41) is 9.40. The van der Waals surface area contributed by atoms with Crippen LogP contribution in [-0.2, 0) is 101 Å². The molecule has 1 N–H and O–H groups in total. The van der Waals surface area contributed by atoms with E-state index in [1.807, 2.05) is 115 Å². The van der Waals surface area contributed by atoms with Crippen LogP contribution in [0.15, 0.2) is 73.2 Å². The number of nitrogens with zero attached hydrogens (tertiary/aromatic N) is 4. The van der Waals surface area contributed by atoms with Crippen LogP contribution in [0.5, 0.6) is 0 Å². The van der Waals surface area contributed by atoms with E-state index in [1.54, 1.807) is 6.07 Å². The Morgan fingerprint density at radius 2 is 1.07 bits per heavy atom. The second kappa shape index (κ2) is 36.5. The van der Waals surface area contributed by atoms with E-state index in [2.05, 4.69) is 5.32 Å². The molecule has 6 aliphatic heterocycles. The molecule has 1 saturated heterocycles. The Hall–Kier alpha value is -6.35. The van der Waals surface area contributed by atoms with Crippen LogP contribution in [0.4, 0.5) is 0 Å². The Balaban J connectivity index is 0.00000284. The Kier molecular flexibility index (Phi) is 30.7. The molecule has 9 atom stereocenters. The van der Waals surface area contributed by atoms with Gasteiger partial charge in [-0.15, -0.1) is 10.2 Å². The van der Waals surface area contributed by atoms with E-state index < -0.39 is 115 Å². The molecular weight excluding hydrogens is 1350 g/mol. The molecule has 1 amide bonds. The number of carbonyl (C=O) groups excluding carboxylic acids is 8. The zero-order valence-corrected chi connectivity index (χ0v) is 62.1. The summed E-state index contributed by atoms with van der Waals surface area (Å²) in [5.41, 5.74) is -0.375. The van der Waals surface area contributed by atoms with Gasteiger partial charge in [-0.05, 0) is 118 Å². The number of cyclic esters (lactones) is 1. The van der Waals surface area contributed by atoms with E-state index in [0.29, 0.717) is 101 Å². The van der Waals surface area contributed by atoms with Crippen molar-refractivity contribution in [1.29, 1.82) is 0 Å². The number of hydrogen-bond acceptors (Lipinski definition) is 22. The van der Waals surface area contributed by atoms with Crippen molar-refractivity contribution in [2.75, 3.05) is 46.2 Å². The first-order chi connectivity index (χ1) is 46.2. The van der Waals surface area contributed by atoms with E-state index >= 15 is 4.79 Å². The Bertz CT molecular complexity index is 3290. The van der Waals surface area contributed by atoms with Gasteiger partial charge in [-0.2, -0.15) is 5.70 Å². The summed E-state index contributed by atoms with van der Waals surface area (Å²) in [4.78, 5) is 132. The van der Waals surface area contributed by atoms with Crippen molar-refractivity contribution in [3.8, 4) is 0 Å². The number of ether oxygens (including phenoxy) is 7. The SMILES string of the molecule is CCCOC(=O)CCC1C2=C(C)C3=NC(C(CC(=O)OCCC)C3(C)CCC(=O)OCCC)C3(C)[N-]\C(=C(C)/C4=N/C5=C(\NC(=O)Cc6cccc(c6)CC(=O)OCCC4(C)C5CCC(=O)OCCC)C(=N2)C1(C)C)C(CCC(=O)OCCC)C3(C)CC(=O)OCCC.[Co+2].[O-][Cl+3]([O-])([O-])[O-]. The predicted octanol–water partition coefficient (Wildman–Crippen LogP) is 7.86. The quantitative estimate of drug-likeness (QED) is 0.0616. The number of esters is 7. The zero-order chi connectivity index (χ0) is 72.6. The number of halogens is 1. The third kappa shape index (κ3) is 20.3. The number of carbonyl (C=O) groups is 8. The van der Waals surface area contributed by atoms with Gasteiger partial charge in [0.25, 0.3) is 0 Å². The van der Waals surface area contributed by atoms with Gasteiger partial charge in [-0.3, -0.25) is 53.3 Å². The molecule has 1 fully saturated rings. The van der Waals surface area contributed by atoms with E-state index in [0.717, 1.165) is 0 Å². The fourth-order valence-electron chi connectivity index (χ4n) is 15.2. The molecule has 9 unspecified atom stereocenters. The van der Waals surface area contributed by atoms with Gasteiger partial charge in [0.05, 0.1) is 89.0 Å². The van der Waals surface area contributed by atoms with E-state index in [4.69, 9.17) is 72.1 Å². The number of benzene rings is 1. The van der Waals surface area contributed by atoms with Gasteiger partial charge in [0.15, 0.2) is 0 Å². The molecule has 26 heteroatoms. The molecule has 0 aromatic heterocycles. The van der Waals surface area contributed by atoms with Crippen LogP contribution < -0.4 is 24.0 Å². The van der Waals surface area contributed by atoms with Crippen molar-refractivity contribution in [1.82, 2.24) is 5.32 Å². The number of allylic oxidation sites excluding steroid dienone is 6. The Morgan fingerprint density at radius 1 is 0.606 bits per heavy atom. The fourth-order valence-corrected chi connectivity index (χ4v) is 15.2. The standard InChI is InChI=1S/C73H105N5O15.ClHO4.Co/c1-15-33-87-54(80)27-24-49-61-45(7)66-70(11,31-30-57(83)90-36-18-4)52(43-59(85)91-37-19-5)67(77-66)73(14)72(13,44-60(86)92-38-20-6)51(26-29-56(82)89-35-17-3)62(78-73)46(8)65-71(12)32-39-93-58(84)42-48-23-21-22-47(40-48)41-53(79)74-64(68(75-61)69(49,9)10)63(76-65)50(71)25-28-55(81)88-34-16-2;2-1(3,4)5;/h21-23,40,49-52,67H,15-20,24-39,41-44H2,1-14H3,(H2,74,75,76,77,78,79);(H,2,3,4,5);/q;;+2/p-2. The maximum atomic E-state index is 15.3. The summed E-state index contributed by atoms with van der Waals surface area (Å²) in [6.07, 6.45) is 3.54. The summed E-state index contributed by atoms with van der Waals surface area (Å²) in [7, 11) is -4.94. The Morgan fingerprint density at radius 3 is 1.60 bits per heavy atom. The molecule has 11 bridgehead atoms. The van der Waals surface area contributed by atoms with Gasteiger partial charge < -0.3 is 43.8 Å². The third-order valence-corrected chi connectivity index (χ3v) is 20.4. The number of fused-ring (bicyclic) bond motifs is 10. The number of aliphatic imine (C=N–C) groups is 3. The van der Waals surface area contributed by atoms with Crippen molar-refractivity contribution in [3.63, 3.8) is 0 Å². The van der Waals surface area contributed by atoms with Crippen LogP contribution in [0.3, 0.4) is 0 Å². The van der Waals surface area contributed by atoms with Gasteiger partial charge in [0.2, 0.25) is 5.91 Å². The first kappa shape index (κ1) is 83.3. The largest absolute Gasteiger partial charge is 2.00 e. The molecule has 0 saturated carbocycles. The molecule has 0 spiro atoms. The van der Waals surface area contributed by atoms with Gasteiger partial charge in [0, 0.05) is 82.8 Å². The van der Waals surface area contributed by atoms with Crippen molar-refractivity contribution in [2.24, 2.45) is 60.3 Å². The van der Waals surface area contributed by atoms with Gasteiger partial charge in [0.1, 0.15) is 0 Å². The van der Waals surface area contributed by atoms with E-state index in [9.17, 15) is 33.6 Å². The number of nitrogens with one attached hydrogen (secondary N) is 1. The fraction of sp³-hybridized carbons (Fsp3) is 0.685. The smallest absolute Gasteiger partial charge is 0.680 e. The van der Waals surface area contributed by atoms with Crippen molar-refractivity contribution < 1.29 is 117 Å². The molecule has 6 aliphatic rings. The van der Waals surface area contributed by atoms with Gasteiger partial charge in [-0.1, -0.05) is 113 Å². The van der Waals surface area contributed by atoms with E-state index in [-0.39, 0.29) is 146 Å². The summed E-state index contributed by atoms with van der Waals surface area (Å²) >= 11 is 0. The normalized spacial score (nSPS) is 27.7. The second-order valence-electron chi connectivity index (χ2n) is 28.0. The number of rotatable bonds is 28. The molecule has 1 radical (unpaired) electrons. The molecule has 99 heavy (non-hydrogen) atoms. The van der Waals surface area contributed by atoms with Crippen molar-refractivity contribution in [3.05, 3.63) is 74.6 Å². The van der Waals surface area contributed by atoms with Crippen molar-refractivity contribution in [2.45, 2.75) is 231 Å². The number of amides is 1. The second-order valence-corrected chi connectivity index (χ2v) is 28.8. The summed E-state index contributed by atoms with van der Waals surface area (Å²) in [6, 6.07) is 6.30. The molecule has 551 valence electrons. The monoisotopic (exact) mass is 1450 g/mol. The maximum Gasteiger partial charge on any atom is 2.00 e. The molecule has 0 aliphatic carbocycles. The average Bonchev–Trinajstić information content (AvgIpc) is 1.53. The summed E-state index contributed by atoms with van der Waals surface area (Å²) in [5.74, 6) is -6.45. The van der Waals surface area contributed by atoms with Crippen LogP contribution in [0, 0.1) is 55.6 Å². The first-order valence-electron chi connectivity index (χ1n) is 35.0. The topological polar surface area (TPSA) is 357 Å². The summed E-state index contributed by atoms with van der Waals surface area (Å²) < 4.78 is 75.2. The average molecular weight is 1450 g/mol. The minimum absolute atomic E-state index is 0. The van der Waals surface area contributed by atoms with Gasteiger partial charge in [-0.25, -0.2) is 18.6 Å². The third-order valence-electron chi connectivity index (χ3n) is 20.4. The minimum atomic E-state index is -4.94.